The molecule has 0 fully saturated rings. The summed E-state index contributed by atoms with van der Waals surface area (Å²) in [5.41, 5.74) is 4.22. The molecule has 0 unspecified atom stereocenters. The smallest absolute Gasteiger partial charge is 0.0146 e. The third-order valence-corrected chi connectivity index (χ3v) is 4.77. The zero-order chi connectivity index (χ0) is 17.6. The van der Waals surface area contributed by atoms with Gasteiger partial charge >= 0.3 is 0 Å². The Hall–Kier alpha value is -2.60. The number of hydrogen-bond donors (Lipinski definition) is 0. The summed E-state index contributed by atoms with van der Waals surface area (Å²) in [5, 5.41) is 5.48. The third kappa shape index (κ3) is 3.91. The van der Waals surface area contributed by atoms with Crippen LogP contribution in [0.2, 0.25) is 0 Å². The van der Waals surface area contributed by atoms with Crippen LogP contribution in [-0.2, 0) is 12.8 Å². The molecule has 4 aromatic rings. The Morgan fingerprint density at radius 2 is 1.12 bits per heavy atom. The molecule has 4 aromatic carbocycles. The molecule has 0 atom stereocenters. The van der Waals surface area contributed by atoms with Crippen molar-refractivity contribution in [3.63, 3.8) is 0 Å². The first-order valence-electron chi connectivity index (χ1n) is 9.17. The topological polar surface area (TPSA) is 0 Å². The van der Waals surface area contributed by atoms with Gasteiger partial charge in [-0.2, -0.15) is 0 Å². The molecule has 0 aliphatic rings. The fraction of sp³-hybridized carbons (Fsp3) is 0.200. The van der Waals surface area contributed by atoms with Crippen molar-refractivity contribution in [2.24, 2.45) is 0 Å². The van der Waals surface area contributed by atoms with Crippen molar-refractivity contribution in [2.75, 3.05) is 0 Å². The summed E-state index contributed by atoms with van der Waals surface area (Å²) < 4.78 is 0. The van der Waals surface area contributed by atoms with E-state index in [1.54, 1.807) is 0 Å². The van der Waals surface area contributed by atoms with Crippen molar-refractivity contribution in [3.8, 4) is 0 Å². The molecule has 0 heteroatoms. The molecule has 0 radical (unpaired) electrons. The number of aryl methyl sites for hydroxylation is 3. The van der Waals surface area contributed by atoms with Gasteiger partial charge in [0.1, 0.15) is 0 Å². The minimum atomic E-state index is 1.09. The first-order chi connectivity index (χ1) is 12.2. The average molecular weight is 326 g/mol. The quantitative estimate of drug-likeness (QED) is 0.344. The van der Waals surface area contributed by atoms with Crippen LogP contribution >= 0.6 is 0 Å². The Morgan fingerprint density at radius 3 is 1.60 bits per heavy atom. The molecule has 0 aromatic heterocycles. The molecule has 25 heavy (non-hydrogen) atoms. The SMILES string of the molecule is CCc1c2ccccc2cc2ccccc12.CCc1ccc(C)cc1. The van der Waals surface area contributed by atoms with Crippen LogP contribution in [0.4, 0.5) is 0 Å². The van der Waals surface area contributed by atoms with Gasteiger partial charge in [-0.3, -0.25) is 0 Å². The van der Waals surface area contributed by atoms with Crippen LogP contribution in [0.5, 0.6) is 0 Å². The summed E-state index contributed by atoms with van der Waals surface area (Å²) in [5.74, 6) is 0. The van der Waals surface area contributed by atoms with Crippen molar-refractivity contribution in [3.05, 3.63) is 95.6 Å². The van der Waals surface area contributed by atoms with E-state index in [9.17, 15) is 0 Å². The number of fused-ring (bicyclic) bond motifs is 2. The van der Waals surface area contributed by atoms with Crippen LogP contribution in [0.15, 0.2) is 78.9 Å². The average Bonchev–Trinajstić information content (AvgIpc) is 2.67. The van der Waals surface area contributed by atoms with E-state index in [1.807, 2.05) is 0 Å². The van der Waals surface area contributed by atoms with Crippen molar-refractivity contribution in [2.45, 2.75) is 33.6 Å². The van der Waals surface area contributed by atoms with E-state index in [4.69, 9.17) is 0 Å². The molecule has 4 rings (SSSR count). The molecule has 0 heterocycles. The van der Waals surface area contributed by atoms with Gasteiger partial charge in [0.05, 0.1) is 0 Å². The molecule has 126 valence electrons. The lowest BCUT2D eigenvalue weighted by Crippen LogP contribution is -1.86. The standard InChI is InChI=1S/C16H14.C9H12/c1-2-14-15-9-5-3-7-12(15)11-13-8-4-6-10-16(13)14;1-3-9-6-4-8(2)5-7-9/h3-11H,2H2,1H3;4-7H,3H2,1-2H3. The van der Waals surface area contributed by atoms with Gasteiger partial charge in [0.25, 0.3) is 0 Å². The minimum absolute atomic E-state index is 1.09. The lowest BCUT2D eigenvalue weighted by Gasteiger charge is -2.09. The lowest BCUT2D eigenvalue weighted by atomic mass is 9.95. The first kappa shape index (κ1) is 17.2. The highest BCUT2D eigenvalue weighted by Gasteiger charge is 2.04. The van der Waals surface area contributed by atoms with Crippen LogP contribution in [0, 0.1) is 6.92 Å². The van der Waals surface area contributed by atoms with Crippen LogP contribution in [-0.4, -0.2) is 0 Å². The van der Waals surface area contributed by atoms with Crippen LogP contribution in [0.1, 0.15) is 30.5 Å². The summed E-state index contributed by atoms with van der Waals surface area (Å²) in [6, 6.07) is 28.2. The summed E-state index contributed by atoms with van der Waals surface area (Å²) in [6.07, 6.45) is 2.22. The Morgan fingerprint density at radius 1 is 0.600 bits per heavy atom. The normalized spacial score (nSPS) is 10.5. The maximum atomic E-state index is 2.28. The number of benzene rings is 4. The largest absolute Gasteiger partial charge is 0.0616 e. The van der Waals surface area contributed by atoms with Gasteiger partial charge in [-0.1, -0.05) is 92.2 Å². The minimum Gasteiger partial charge on any atom is -0.0616 e. The molecular formula is C25H26. The monoisotopic (exact) mass is 326 g/mol. The molecule has 0 aliphatic heterocycles. The lowest BCUT2D eigenvalue weighted by molar-refractivity contribution is 1.14. The van der Waals surface area contributed by atoms with Crippen molar-refractivity contribution in [1.29, 1.82) is 0 Å². The summed E-state index contributed by atoms with van der Waals surface area (Å²) in [7, 11) is 0. The second-order valence-corrected chi connectivity index (χ2v) is 6.49. The van der Waals surface area contributed by atoms with E-state index in [0.29, 0.717) is 0 Å². The molecule has 0 aliphatic carbocycles. The van der Waals surface area contributed by atoms with Crippen LogP contribution < -0.4 is 0 Å². The Balaban J connectivity index is 0.000000173. The van der Waals surface area contributed by atoms with Gasteiger partial charge in [0.15, 0.2) is 0 Å². The predicted molar refractivity (Wildman–Crippen MR) is 111 cm³/mol. The number of rotatable bonds is 2. The molecule has 0 N–H and O–H groups in total. The molecular weight excluding hydrogens is 300 g/mol. The summed E-state index contributed by atoms with van der Waals surface area (Å²) >= 11 is 0. The highest BCUT2D eigenvalue weighted by molar-refractivity contribution is 6.02. The molecule has 0 saturated carbocycles. The fourth-order valence-electron chi connectivity index (χ4n) is 3.31. The van der Waals surface area contributed by atoms with E-state index >= 15 is 0 Å². The van der Waals surface area contributed by atoms with Gasteiger partial charge in [0, 0.05) is 0 Å². The molecule has 0 saturated heterocycles. The van der Waals surface area contributed by atoms with Crippen molar-refractivity contribution < 1.29 is 0 Å². The maximum absolute atomic E-state index is 2.28. The van der Waals surface area contributed by atoms with Crippen molar-refractivity contribution >= 4 is 21.5 Å². The summed E-state index contributed by atoms with van der Waals surface area (Å²) in [4.78, 5) is 0. The number of hydrogen-bond acceptors (Lipinski definition) is 0. The fourth-order valence-corrected chi connectivity index (χ4v) is 3.31. The zero-order valence-corrected chi connectivity index (χ0v) is 15.4. The van der Waals surface area contributed by atoms with E-state index < -0.39 is 0 Å². The highest BCUT2D eigenvalue weighted by atomic mass is 14.1. The van der Waals surface area contributed by atoms with Crippen LogP contribution in [0.3, 0.4) is 0 Å². The van der Waals surface area contributed by atoms with Crippen molar-refractivity contribution in [1.82, 2.24) is 0 Å². The predicted octanol–water partition coefficient (Wildman–Crippen LogP) is 7.11. The summed E-state index contributed by atoms with van der Waals surface area (Å²) in [6.45, 7) is 6.51. The van der Waals surface area contributed by atoms with Gasteiger partial charge in [-0.15, -0.1) is 0 Å². The second kappa shape index (κ2) is 7.98. The van der Waals surface area contributed by atoms with Gasteiger partial charge < -0.3 is 0 Å². The third-order valence-electron chi connectivity index (χ3n) is 4.77. The Labute approximate surface area is 151 Å². The Kier molecular flexibility index (Phi) is 5.50. The maximum Gasteiger partial charge on any atom is -0.0146 e. The zero-order valence-electron chi connectivity index (χ0n) is 15.4. The molecule has 0 nitrogen and oxygen atoms in total. The first-order valence-corrected chi connectivity index (χ1v) is 9.17. The molecule has 0 bridgehead atoms. The Bertz CT molecular complexity index is 908. The highest BCUT2D eigenvalue weighted by Crippen LogP contribution is 2.28. The van der Waals surface area contributed by atoms with E-state index in [-0.39, 0.29) is 0 Å². The van der Waals surface area contributed by atoms with Gasteiger partial charge in [0.2, 0.25) is 0 Å². The van der Waals surface area contributed by atoms with E-state index in [1.165, 1.54) is 38.2 Å². The van der Waals surface area contributed by atoms with Crippen LogP contribution in [0.25, 0.3) is 21.5 Å². The van der Waals surface area contributed by atoms with Gasteiger partial charge in [-0.25, -0.2) is 0 Å². The van der Waals surface area contributed by atoms with E-state index in [2.05, 4.69) is 99.6 Å². The molecule has 0 spiro atoms. The molecule has 0 amide bonds. The van der Waals surface area contributed by atoms with Gasteiger partial charge in [-0.05, 0) is 58.5 Å². The second-order valence-electron chi connectivity index (χ2n) is 6.49. The van der Waals surface area contributed by atoms with E-state index in [0.717, 1.165) is 12.8 Å².